The number of nitrogens with zero attached hydrogens (tertiary/aromatic N) is 3. The van der Waals surface area contributed by atoms with Crippen LogP contribution in [0.3, 0.4) is 0 Å². The zero-order chi connectivity index (χ0) is 9.84. The lowest BCUT2D eigenvalue weighted by Crippen LogP contribution is -1.83. The Kier molecular flexibility index (Phi) is 3.42. The lowest BCUT2D eigenvalue weighted by atomic mass is 10.3. The third-order valence-electron chi connectivity index (χ3n) is 1.37. The quantitative estimate of drug-likeness (QED) is 0.450. The van der Waals surface area contributed by atoms with Gasteiger partial charge in [-0.2, -0.15) is 0 Å². The van der Waals surface area contributed by atoms with E-state index in [0.717, 1.165) is 0 Å². The maximum atomic E-state index is 8.24. The van der Waals surface area contributed by atoms with Gasteiger partial charge in [0.15, 0.2) is 0 Å². The molecule has 0 fully saturated rings. The van der Waals surface area contributed by atoms with E-state index in [4.69, 9.17) is 21.9 Å². The second-order valence-corrected chi connectivity index (χ2v) is 3.39. The summed E-state index contributed by atoms with van der Waals surface area (Å²) in [5, 5.41) is 3.92. The Morgan fingerprint density at radius 1 is 1.62 bits per heavy atom. The van der Waals surface area contributed by atoms with E-state index in [2.05, 4.69) is 26.0 Å². The van der Waals surface area contributed by atoms with Gasteiger partial charge >= 0.3 is 0 Å². The number of hydrogen-bond acceptors (Lipinski definition) is 2. The van der Waals surface area contributed by atoms with Crippen LogP contribution >= 0.6 is 27.5 Å². The first-order valence-electron chi connectivity index (χ1n) is 3.27. The van der Waals surface area contributed by atoms with Crippen molar-refractivity contribution in [1.29, 1.82) is 0 Å². The van der Waals surface area contributed by atoms with Crippen LogP contribution in [-0.2, 0) is 0 Å². The summed E-state index contributed by atoms with van der Waals surface area (Å²) in [6, 6.07) is 3.18. The molecule has 0 radical (unpaired) electrons. The highest BCUT2D eigenvalue weighted by molar-refractivity contribution is 9.10. The summed E-state index contributed by atoms with van der Waals surface area (Å²) < 4.78 is 5.59. The number of hydrogen-bond donors (Lipinski definition) is 0. The fraction of sp³-hybridized carbons (Fsp3) is 0.143. The van der Waals surface area contributed by atoms with Crippen molar-refractivity contribution >= 4 is 33.2 Å². The molecule has 68 valence electrons. The molecule has 0 aromatic heterocycles. The van der Waals surface area contributed by atoms with Crippen LogP contribution in [0.2, 0.25) is 5.02 Å². The topological polar surface area (TPSA) is 58.0 Å². The molecule has 0 heterocycles. The van der Waals surface area contributed by atoms with Crippen molar-refractivity contribution in [3.8, 4) is 5.75 Å². The molecule has 0 aliphatic rings. The molecule has 0 saturated heterocycles. The molecule has 0 spiro atoms. The van der Waals surface area contributed by atoms with Crippen molar-refractivity contribution in [2.75, 3.05) is 7.11 Å². The van der Waals surface area contributed by atoms with Crippen LogP contribution in [0, 0.1) is 0 Å². The van der Waals surface area contributed by atoms with Crippen LogP contribution in [0.5, 0.6) is 5.75 Å². The van der Waals surface area contributed by atoms with E-state index < -0.39 is 0 Å². The van der Waals surface area contributed by atoms with Crippen LogP contribution in [0.1, 0.15) is 0 Å². The SMILES string of the molecule is COc1cc(N=[N+]=[N-])c(Br)cc1Cl. The standard InChI is InChI=1S/C7H5BrClN3O/c1-13-7-3-6(11-12-10)4(8)2-5(7)9/h2-3H,1H3. The highest BCUT2D eigenvalue weighted by Gasteiger charge is 2.05. The zero-order valence-corrected chi connectivity index (χ0v) is 9.00. The molecule has 1 rings (SSSR count). The highest BCUT2D eigenvalue weighted by atomic mass is 79.9. The van der Waals surface area contributed by atoms with Crippen molar-refractivity contribution in [2.45, 2.75) is 0 Å². The summed E-state index contributed by atoms with van der Waals surface area (Å²) >= 11 is 9.02. The molecule has 6 heteroatoms. The van der Waals surface area contributed by atoms with E-state index in [0.29, 0.717) is 20.9 Å². The summed E-state index contributed by atoms with van der Waals surface area (Å²) in [5.41, 5.74) is 8.69. The van der Waals surface area contributed by atoms with E-state index in [1.165, 1.54) is 7.11 Å². The van der Waals surface area contributed by atoms with Gasteiger partial charge < -0.3 is 4.74 Å². The smallest absolute Gasteiger partial charge is 0.137 e. The van der Waals surface area contributed by atoms with Gasteiger partial charge in [0.25, 0.3) is 0 Å². The fourth-order valence-electron chi connectivity index (χ4n) is 0.800. The molecule has 1 aromatic carbocycles. The maximum absolute atomic E-state index is 8.24. The summed E-state index contributed by atoms with van der Waals surface area (Å²) in [6.45, 7) is 0. The summed E-state index contributed by atoms with van der Waals surface area (Å²) in [7, 11) is 1.50. The van der Waals surface area contributed by atoms with Gasteiger partial charge in [0.05, 0.1) is 17.8 Å². The Morgan fingerprint density at radius 3 is 2.85 bits per heavy atom. The molecule has 0 aliphatic heterocycles. The zero-order valence-electron chi connectivity index (χ0n) is 6.66. The van der Waals surface area contributed by atoms with Crippen molar-refractivity contribution in [2.24, 2.45) is 5.11 Å². The lowest BCUT2D eigenvalue weighted by molar-refractivity contribution is 0.415. The summed E-state index contributed by atoms with van der Waals surface area (Å²) in [6.07, 6.45) is 0. The molecule has 1 aromatic rings. The predicted molar refractivity (Wildman–Crippen MR) is 54.5 cm³/mol. The van der Waals surface area contributed by atoms with Gasteiger partial charge in [-0.1, -0.05) is 32.6 Å². The van der Waals surface area contributed by atoms with Gasteiger partial charge in [-0.25, -0.2) is 0 Å². The molecule has 0 bridgehead atoms. The van der Waals surface area contributed by atoms with Crippen LogP contribution in [0.25, 0.3) is 10.4 Å². The van der Waals surface area contributed by atoms with Crippen LogP contribution in [0.4, 0.5) is 5.69 Å². The minimum absolute atomic E-state index is 0.448. The minimum Gasteiger partial charge on any atom is -0.495 e. The van der Waals surface area contributed by atoms with E-state index >= 15 is 0 Å². The average molecular weight is 262 g/mol. The number of benzene rings is 1. The van der Waals surface area contributed by atoms with Crippen LogP contribution in [0.15, 0.2) is 21.7 Å². The van der Waals surface area contributed by atoms with Crippen LogP contribution < -0.4 is 4.74 Å². The normalized spacial score (nSPS) is 9.15. The molecule has 0 saturated carbocycles. The lowest BCUT2D eigenvalue weighted by Gasteiger charge is -2.04. The first kappa shape index (κ1) is 10.2. The molecule has 0 N–H and O–H groups in total. The number of rotatable bonds is 2. The monoisotopic (exact) mass is 261 g/mol. The van der Waals surface area contributed by atoms with Crippen molar-refractivity contribution in [3.05, 3.63) is 32.1 Å². The van der Waals surface area contributed by atoms with Gasteiger partial charge in [-0.05, 0) is 17.7 Å². The van der Waals surface area contributed by atoms with Crippen molar-refractivity contribution in [3.63, 3.8) is 0 Å². The summed E-state index contributed by atoms with van der Waals surface area (Å²) in [4.78, 5) is 2.67. The van der Waals surface area contributed by atoms with Crippen molar-refractivity contribution < 1.29 is 4.74 Å². The molecular formula is C7H5BrClN3O. The molecule has 0 unspecified atom stereocenters. The number of ether oxygens (including phenoxy) is 1. The van der Waals surface area contributed by atoms with Gasteiger partial charge in [-0.15, -0.1) is 0 Å². The third kappa shape index (κ3) is 2.28. The highest BCUT2D eigenvalue weighted by Crippen LogP contribution is 2.35. The molecule has 0 atom stereocenters. The largest absolute Gasteiger partial charge is 0.495 e. The molecule has 4 nitrogen and oxygen atoms in total. The molecule has 0 amide bonds. The second-order valence-electron chi connectivity index (χ2n) is 2.13. The first-order chi connectivity index (χ1) is 6.19. The van der Waals surface area contributed by atoms with Gasteiger partial charge in [0.1, 0.15) is 5.75 Å². The Morgan fingerprint density at radius 2 is 2.31 bits per heavy atom. The summed E-state index contributed by atoms with van der Waals surface area (Å²) in [5.74, 6) is 0.479. The number of halogens is 2. The third-order valence-corrected chi connectivity index (χ3v) is 2.30. The van der Waals surface area contributed by atoms with Crippen molar-refractivity contribution in [1.82, 2.24) is 0 Å². The van der Waals surface area contributed by atoms with Crippen LogP contribution in [-0.4, -0.2) is 7.11 Å². The predicted octanol–water partition coefficient (Wildman–Crippen LogP) is 4.05. The number of azide groups is 1. The average Bonchev–Trinajstić information content (AvgIpc) is 2.10. The van der Waals surface area contributed by atoms with E-state index in [-0.39, 0.29) is 0 Å². The first-order valence-corrected chi connectivity index (χ1v) is 4.44. The number of methoxy groups -OCH3 is 1. The fourth-order valence-corrected chi connectivity index (χ4v) is 1.59. The van der Waals surface area contributed by atoms with Gasteiger partial charge in [0.2, 0.25) is 0 Å². The molecular weight excluding hydrogens is 257 g/mol. The van der Waals surface area contributed by atoms with Gasteiger partial charge in [0, 0.05) is 9.38 Å². The Labute approximate surface area is 88.2 Å². The molecule has 13 heavy (non-hydrogen) atoms. The minimum atomic E-state index is 0.448. The Bertz CT molecular complexity index is 376. The maximum Gasteiger partial charge on any atom is 0.137 e. The van der Waals surface area contributed by atoms with E-state index in [9.17, 15) is 0 Å². The van der Waals surface area contributed by atoms with E-state index in [1.807, 2.05) is 0 Å². The Balaban J connectivity index is 3.29. The van der Waals surface area contributed by atoms with E-state index in [1.54, 1.807) is 12.1 Å². The second kappa shape index (κ2) is 4.37. The van der Waals surface area contributed by atoms with Gasteiger partial charge in [-0.3, -0.25) is 0 Å². The molecule has 0 aliphatic carbocycles. The Hall–Kier alpha value is -0.900.